The fourth-order valence-electron chi connectivity index (χ4n) is 2.54. The van der Waals surface area contributed by atoms with Crippen LogP contribution in [0.1, 0.15) is 31.9 Å². The molecule has 152 valence electrons. The summed E-state index contributed by atoms with van der Waals surface area (Å²) in [7, 11) is -3.73. The van der Waals surface area contributed by atoms with Crippen molar-refractivity contribution >= 4 is 27.6 Å². The van der Waals surface area contributed by atoms with Crippen LogP contribution in [0.4, 0.5) is 0 Å². The summed E-state index contributed by atoms with van der Waals surface area (Å²) in [6.07, 6.45) is 0.336. The van der Waals surface area contributed by atoms with Crippen LogP contribution >= 0.6 is 11.6 Å². The summed E-state index contributed by atoms with van der Waals surface area (Å²) in [6.45, 7) is 7.16. The SMILES string of the molecule is Cc1ccc(S(=O)(=O)NC[C@H](Cc2ccc(Cl)cc2)C(=O)OC(C)(C)C)cc1. The zero-order valence-electron chi connectivity index (χ0n) is 16.5. The molecule has 0 heterocycles. The molecule has 2 aromatic rings. The summed E-state index contributed by atoms with van der Waals surface area (Å²) < 4.78 is 33.2. The first-order chi connectivity index (χ1) is 13.0. The van der Waals surface area contributed by atoms with Gasteiger partial charge in [-0.2, -0.15) is 0 Å². The second kappa shape index (κ2) is 9.07. The highest BCUT2D eigenvalue weighted by Gasteiger charge is 2.27. The number of rotatable bonds is 7. The zero-order chi connectivity index (χ0) is 20.9. The quantitative estimate of drug-likeness (QED) is 0.679. The lowest BCUT2D eigenvalue weighted by Crippen LogP contribution is -2.37. The van der Waals surface area contributed by atoms with Crippen molar-refractivity contribution in [2.75, 3.05) is 6.54 Å². The predicted molar refractivity (Wildman–Crippen MR) is 111 cm³/mol. The Labute approximate surface area is 172 Å². The van der Waals surface area contributed by atoms with Gasteiger partial charge in [-0.3, -0.25) is 4.79 Å². The van der Waals surface area contributed by atoms with Crippen LogP contribution < -0.4 is 4.72 Å². The van der Waals surface area contributed by atoms with Gasteiger partial charge >= 0.3 is 5.97 Å². The Balaban J connectivity index is 2.17. The number of nitrogens with one attached hydrogen (secondary N) is 1. The first-order valence-corrected chi connectivity index (χ1v) is 10.9. The van der Waals surface area contributed by atoms with E-state index in [1.165, 1.54) is 0 Å². The van der Waals surface area contributed by atoms with Crippen molar-refractivity contribution in [2.45, 2.75) is 44.6 Å². The summed E-state index contributed by atoms with van der Waals surface area (Å²) in [5.41, 5.74) is 1.17. The topological polar surface area (TPSA) is 72.5 Å². The van der Waals surface area contributed by atoms with Crippen molar-refractivity contribution in [2.24, 2.45) is 5.92 Å². The molecule has 0 aliphatic carbocycles. The van der Waals surface area contributed by atoms with Crippen LogP contribution in [0.25, 0.3) is 0 Å². The second-order valence-corrected chi connectivity index (χ2v) is 9.93. The number of hydrogen-bond donors (Lipinski definition) is 1. The molecular formula is C21H26ClNO4S. The lowest BCUT2D eigenvalue weighted by Gasteiger charge is -2.24. The van der Waals surface area contributed by atoms with Gasteiger partial charge in [0.1, 0.15) is 5.60 Å². The van der Waals surface area contributed by atoms with Crippen LogP contribution in [0, 0.1) is 12.8 Å². The summed E-state index contributed by atoms with van der Waals surface area (Å²) in [5.74, 6) is -1.12. The Bertz CT molecular complexity index is 901. The monoisotopic (exact) mass is 423 g/mol. The average Bonchev–Trinajstić information content (AvgIpc) is 2.59. The molecule has 2 aromatic carbocycles. The molecule has 0 amide bonds. The summed E-state index contributed by atoms with van der Waals surface area (Å²) >= 11 is 5.91. The van der Waals surface area contributed by atoms with Crippen LogP contribution in [0.3, 0.4) is 0 Å². The first kappa shape index (κ1) is 22.4. The number of sulfonamides is 1. The van der Waals surface area contributed by atoms with Gasteiger partial charge in [0, 0.05) is 11.6 Å². The Morgan fingerprint density at radius 2 is 1.64 bits per heavy atom. The number of benzene rings is 2. The normalized spacial score (nSPS) is 13.2. The molecule has 5 nitrogen and oxygen atoms in total. The van der Waals surface area contributed by atoms with Gasteiger partial charge in [0.15, 0.2) is 0 Å². The van der Waals surface area contributed by atoms with E-state index in [0.29, 0.717) is 11.4 Å². The molecule has 0 saturated heterocycles. The Kier molecular flexibility index (Phi) is 7.26. The van der Waals surface area contributed by atoms with Crippen LogP contribution in [-0.4, -0.2) is 26.5 Å². The molecule has 28 heavy (non-hydrogen) atoms. The van der Waals surface area contributed by atoms with Crippen molar-refractivity contribution in [3.63, 3.8) is 0 Å². The Hall–Kier alpha value is -1.89. The van der Waals surface area contributed by atoms with E-state index in [0.717, 1.165) is 11.1 Å². The van der Waals surface area contributed by atoms with Crippen molar-refractivity contribution in [3.05, 3.63) is 64.7 Å². The summed E-state index contributed by atoms with van der Waals surface area (Å²) in [4.78, 5) is 12.8. The summed E-state index contributed by atoms with van der Waals surface area (Å²) in [6, 6.07) is 13.6. The van der Waals surface area contributed by atoms with Crippen molar-refractivity contribution in [1.29, 1.82) is 0 Å². The van der Waals surface area contributed by atoms with E-state index >= 15 is 0 Å². The average molecular weight is 424 g/mol. The molecule has 0 saturated carbocycles. The molecule has 0 unspecified atom stereocenters. The van der Waals surface area contributed by atoms with Gasteiger partial charge in [0.25, 0.3) is 0 Å². The largest absolute Gasteiger partial charge is 0.460 e. The van der Waals surface area contributed by atoms with Gasteiger partial charge in [-0.1, -0.05) is 41.4 Å². The van der Waals surface area contributed by atoms with Gasteiger partial charge in [0.05, 0.1) is 10.8 Å². The maximum absolute atomic E-state index is 12.6. The summed E-state index contributed by atoms with van der Waals surface area (Å²) in [5, 5.41) is 0.595. The number of carbonyl (C=O) groups excluding carboxylic acids is 1. The molecule has 2 rings (SSSR count). The van der Waals surface area contributed by atoms with E-state index in [1.807, 2.05) is 19.1 Å². The number of halogens is 1. The lowest BCUT2D eigenvalue weighted by atomic mass is 9.99. The lowest BCUT2D eigenvalue weighted by molar-refractivity contribution is -0.159. The highest BCUT2D eigenvalue weighted by atomic mass is 35.5. The smallest absolute Gasteiger partial charge is 0.311 e. The molecule has 1 N–H and O–H groups in total. The van der Waals surface area contributed by atoms with Crippen molar-refractivity contribution in [1.82, 2.24) is 4.72 Å². The molecule has 0 spiro atoms. The van der Waals surface area contributed by atoms with E-state index < -0.39 is 27.5 Å². The minimum absolute atomic E-state index is 0.0618. The molecule has 0 bridgehead atoms. The predicted octanol–water partition coefficient (Wildman–Crippen LogP) is 4.13. The van der Waals surface area contributed by atoms with Gasteiger partial charge in [0.2, 0.25) is 10.0 Å². The van der Waals surface area contributed by atoms with E-state index in [9.17, 15) is 13.2 Å². The number of aryl methyl sites for hydroxylation is 1. The third-order valence-electron chi connectivity index (χ3n) is 3.99. The number of esters is 1. The third kappa shape index (κ3) is 6.93. The second-order valence-electron chi connectivity index (χ2n) is 7.73. The van der Waals surface area contributed by atoms with Gasteiger partial charge in [-0.25, -0.2) is 13.1 Å². The van der Waals surface area contributed by atoms with Crippen LogP contribution in [-0.2, 0) is 26.0 Å². The van der Waals surface area contributed by atoms with E-state index in [-0.39, 0.29) is 11.4 Å². The molecular weight excluding hydrogens is 398 g/mol. The first-order valence-electron chi connectivity index (χ1n) is 9.00. The van der Waals surface area contributed by atoms with Crippen molar-refractivity contribution < 1.29 is 17.9 Å². The van der Waals surface area contributed by atoms with Gasteiger partial charge in [-0.15, -0.1) is 0 Å². The zero-order valence-corrected chi connectivity index (χ0v) is 18.1. The van der Waals surface area contributed by atoms with Gasteiger partial charge in [-0.05, 0) is 63.9 Å². The molecule has 0 aliphatic heterocycles. The molecule has 0 aromatic heterocycles. The van der Waals surface area contributed by atoms with Crippen LogP contribution in [0.5, 0.6) is 0 Å². The number of ether oxygens (including phenoxy) is 1. The fraction of sp³-hybridized carbons (Fsp3) is 0.381. The minimum Gasteiger partial charge on any atom is -0.460 e. The third-order valence-corrected chi connectivity index (χ3v) is 5.68. The van der Waals surface area contributed by atoms with E-state index in [4.69, 9.17) is 16.3 Å². The minimum atomic E-state index is -3.73. The highest BCUT2D eigenvalue weighted by molar-refractivity contribution is 7.89. The maximum atomic E-state index is 12.6. The van der Waals surface area contributed by atoms with Crippen molar-refractivity contribution in [3.8, 4) is 0 Å². The highest BCUT2D eigenvalue weighted by Crippen LogP contribution is 2.18. The fourth-order valence-corrected chi connectivity index (χ4v) is 3.75. The Morgan fingerprint density at radius 3 is 2.18 bits per heavy atom. The number of carbonyl (C=O) groups is 1. The molecule has 7 heteroatoms. The van der Waals surface area contributed by atoms with E-state index in [1.54, 1.807) is 57.2 Å². The molecule has 0 fully saturated rings. The molecule has 1 atom stereocenters. The molecule has 0 radical (unpaired) electrons. The van der Waals surface area contributed by atoms with Crippen LogP contribution in [0.2, 0.25) is 5.02 Å². The molecule has 0 aliphatic rings. The maximum Gasteiger partial charge on any atom is 0.311 e. The van der Waals surface area contributed by atoms with E-state index in [2.05, 4.69) is 4.72 Å². The number of hydrogen-bond acceptors (Lipinski definition) is 4. The standard InChI is InChI=1S/C21H26ClNO4S/c1-15-5-11-19(12-6-15)28(25,26)23-14-17(20(24)27-21(2,3)4)13-16-7-9-18(22)10-8-16/h5-12,17,23H,13-14H2,1-4H3/t17-/m0/s1. The van der Waals surface area contributed by atoms with Crippen LogP contribution in [0.15, 0.2) is 53.4 Å². The van der Waals surface area contributed by atoms with Gasteiger partial charge < -0.3 is 4.74 Å². The Morgan fingerprint density at radius 1 is 1.07 bits per heavy atom.